The maximum atomic E-state index is 12.7. The predicted octanol–water partition coefficient (Wildman–Crippen LogP) is 2.53. The first-order valence-corrected chi connectivity index (χ1v) is 4.70. The molecule has 1 heterocycles. The molecule has 0 aliphatic carbocycles. The van der Waals surface area contributed by atoms with Gasteiger partial charge in [0.05, 0.1) is 23.5 Å². The van der Waals surface area contributed by atoms with Crippen LogP contribution < -0.4 is 0 Å². The highest BCUT2D eigenvalue weighted by atomic mass is 79.9. The van der Waals surface area contributed by atoms with E-state index in [9.17, 15) is 4.39 Å². The number of nitriles is 1. The standard InChI is InChI=1S/C9H5BrFN3/c10-6-4-8-7(13-9(11)14-8)3-5(6)1-2-12/h3-4H,1H2,(H,13,14). The smallest absolute Gasteiger partial charge is 0.287 e. The molecule has 0 aliphatic heterocycles. The van der Waals surface area contributed by atoms with Gasteiger partial charge in [-0.2, -0.15) is 9.65 Å². The average molecular weight is 254 g/mol. The lowest BCUT2D eigenvalue weighted by Gasteiger charge is -1.98. The third-order valence-corrected chi connectivity index (χ3v) is 2.63. The predicted molar refractivity (Wildman–Crippen MR) is 53.1 cm³/mol. The summed E-state index contributed by atoms with van der Waals surface area (Å²) in [6, 6.07) is 5.46. The number of H-pyrrole nitrogens is 1. The molecule has 70 valence electrons. The van der Waals surface area contributed by atoms with E-state index in [1.807, 2.05) is 6.07 Å². The van der Waals surface area contributed by atoms with E-state index in [0.29, 0.717) is 11.0 Å². The second-order valence-electron chi connectivity index (χ2n) is 2.82. The first kappa shape index (κ1) is 9.16. The molecule has 0 atom stereocenters. The minimum absolute atomic E-state index is 0.289. The monoisotopic (exact) mass is 253 g/mol. The molecule has 1 aromatic heterocycles. The topological polar surface area (TPSA) is 52.5 Å². The molecule has 14 heavy (non-hydrogen) atoms. The van der Waals surface area contributed by atoms with Crippen molar-refractivity contribution in [2.45, 2.75) is 6.42 Å². The molecular weight excluding hydrogens is 249 g/mol. The Hall–Kier alpha value is -1.41. The fourth-order valence-electron chi connectivity index (χ4n) is 1.27. The summed E-state index contributed by atoms with van der Waals surface area (Å²) < 4.78 is 13.5. The highest BCUT2D eigenvalue weighted by Crippen LogP contribution is 2.23. The maximum absolute atomic E-state index is 12.7. The third-order valence-electron chi connectivity index (χ3n) is 1.89. The van der Waals surface area contributed by atoms with Crippen LogP contribution in [0.1, 0.15) is 5.56 Å². The Labute approximate surface area is 87.7 Å². The second-order valence-corrected chi connectivity index (χ2v) is 3.68. The summed E-state index contributed by atoms with van der Waals surface area (Å²) in [7, 11) is 0. The van der Waals surface area contributed by atoms with Crippen molar-refractivity contribution in [2.24, 2.45) is 0 Å². The molecule has 0 saturated heterocycles. The zero-order chi connectivity index (χ0) is 10.1. The lowest BCUT2D eigenvalue weighted by Crippen LogP contribution is -1.84. The summed E-state index contributed by atoms with van der Waals surface area (Å²) in [4.78, 5) is 6.12. The van der Waals surface area contributed by atoms with E-state index in [0.717, 1.165) is 10.0 Å². The van der Waals surface area contributed by atoms with E-state index in [1.54, 1.807) is 12.1 Å². The van der Waals surface area contributed by atoms with Gasteiger partial charge in [-0.25, -0.2) is 4.98 Å². The van der Waals surface area contributed by atoms with Crippen LogP contribution >= 0.6 is 15.9 Å². The molecule has 2 rings (SSSR count). The van der Waals surface area contributed by atoms with E-state index in [1.165, 1.54) is 0 Å². The Bertz CT molecular complexity index is 527. The van der Waals surface area contributed by atoms with Crippen LogP contribution in [0, 0.1) is 17.4 Å². The van der Waals surface area contributed by atoms with Gasteiger partial charge in [-0.1, -0.05) is 15.9 Å². The third kappa shape index (κ3) is 1.49. The molecule has 1 aromatic carbocycles. The Morgan fingerprint density at radius 3 is 3.07 bits per heavy atom. The van der Waals surface area contributed by atoms with Crippen molar-refractivity contribution < 1.29 is 4.39 Å². The van der Waals surface area contributed by atoms with Crippen LogP contribution in [0.15, 0.2) is 16.6 Å². The number of rotatable bonds is 1. The zero-order valence-electron chi connectivity index (χ0n) is 7.01. The first-order valence-electron chi connectivity index (χ1n) is 3.91. The van der Waals surface area contributed by atoms with Crippen LogP contribution in [0.3, 0.4) is 0 Å². The molecule has 5 heteroatoms. The Morgan fingerprint density at radius 2 is 2.36 bits per heavy atom. The van der Waals surface area contributed by atoms with E-state index in [2.05, 4.69) is 25.9 Å². The molecule has 0 unspecified atom stereocenters. The second kappa shape index (κ2) is 3.39. The molecule has 1 N–H and O–H groups in total. The van der Waals surface area contributed by atoms with Gasteiger partial charge in [-0.3, -0.25) is 0 Å². The summed E-state index contributed by atoms with van der Waals surface area (Å²) in [6.45, 7) is 0. The van der Waals surface area contributed by atoms with E-state index >= 15 is 0 Å². The molecule has 0 spiro atoms. The van der Waals surface area contributed by atoms with Gasteiger partial charge in [0.25, 0.3) is 6.08 Å². The van der Waals surface area contributed by atoms with Crippen molar-refractivity contribution in [3.63, 3.8) is 0 Å². The van der Waals surface area contributed by atoms with Crippen molar-refractivity contribution in [3.8, 4) is 6.07 Å². The molecular formula is C9H5BrFN3. The van der Waals surface area contributed by atoms with Gasteiger partial charge in [0, 0.05) is 4.47 Å². The molecule has 0 fully saturated rings. The van der Waals surface area contributed by atoms with Gasteiger partial charge in [0.1, 0.15) is 0 Å². The van der Waals surface area contributed by atoms with Crippen LogP contribution in [0.2, 0.25) is 0 Å². The quantitative estimate of drug-likeness (QED) is 0.850. The van der Waals surface area contributed by atoms with Crippen molar-refractivity contribution in [2.75, 3.05) is 0 Å². The van der Waals surface area contributed by atoms with Crippen molar-refractivity contribution in [1.82, 2.24) is 9.97 Å². The fraction of sp³-hybridized carbons (Fsp3) is 0.111. The molecule has 0 saturated carbocycles. The van der Waals surface area contributed by atoms with Gasteiger partial charge < -0.3 is 4.98 Å². The summed E-state index contributed by atoms with van der Waals surface area (Å²) in [5, 5.41) is 8.55. The van der Waals surface area contributed by atoms with Gasteiger partial charge >= 0.3 is 0 Å². The van der Waals surface area contributed by atoms with Crippen LogP contribution in [-0.2, 0) is 6.42 Å². The van der Waals surface area contributed by atoms with Crippen LogP contribution in [0.25, 0.3) is 11.0 Å². The normalized spacial score (nSPS) is 10.4. The van der Waals surface area contributed by atoms with Gasteiger partial charge in [-0.15, -0.1) is 0 Å². The minimum atomic E-state index is -0.610. The number of benzene rings is 1. The average Bonchev–Trinajstić information content (AvgIpc) is 2.45. The van der Waals surface area contributed by atoms with Crippen molar-refractivity contribution in [3.05, 3.63) is 28.2 Å². The Morgan fingerprint density at radius 1 is 1.57 bits per heavy atom. The van der Waals surface area contributed by atoms with Crippen LogP contribution in [-0.4, -0.2) is 9.97 Å². The fourth-order valence-corrected chi connectivity index (χ4v) is 1.74. The zero-order valence-corrected chi connectivity index (χ0v) is 8.60. The number of fused-ring (bicyclic) bond motifs is 1. The van der Waals surface area contributed by atoms with Gasteiger partial charge in [0.2, 0.25) is 0 Å². The maximum Gasteiger partial charge on any atom is 0.287 e. The number of hydrogen-bond acceptors (Lipinski definition) is 2. The van der Waals surface area contributed by atoms with Crippen molar-refractivity contribution >= 4 is 27.0 Å². The Kier molecular flexibility index (Phi) is 2.22. The molecule has 3 nitrogen and oxygen atoms in total. The molecule has 2 aromatic rings. The summed E-state index contributed by atoms with van der Waals surface area (Å²) in [5.41, 5.74) is 1.98. The first-order chi connectivity index (χ1) is 6.70. The van der Waals surface area contributed by atoms with E-state index in [-0.39, 0.29) is 6.42 Å². The molecule has 0 bridgehead atoms. The van der Waals surface area contributed by atoms with Crippen LogP contribution in [0.5, 0.6) is 0 Å². The minimum Gasteiger partial charge on any atom is -0.314 e. The number of aromatic nitrogens is 2. The van der Waals surface area contributed by atoms with Crippen LogP contribution in [0.4, 0.5) is 4.39 Å². The van der Waals surface area contributed by atoms with E-state index in [4.69, 9.17) is 5.26 Å². The molecule has 0 aliphatic rings. The van der Waals surface area contributed by atoms with E-state index < -0.39 is 6.08 Å². The number of imidazole rings is 1. The highest BCUT2D eigenvalue weighted by molar-refractivity contribution is 9.10. The highest BCUT2D eigenvalue weighted by Gasteiger charge is 2.06. The SMILES string of the molecule is N#CCc1cc2[nH]c(F)nc2cc1Br. The number of halogens is 2. The summed E-state index contributed by atoms with van der Waals surface area (Å²) >= 11 is 3.30. The largest absolute Gasteiger partial charge is 0.314 e. The summed E-state index contributed by atoms with van der Waals surface area (Å²) in [5.74, 6) is 0. The number of nitrogens with one attached hydrogen (secondary N) is 1. The van der Waals surface area contributed by atoms with Gasteiger partial charge in [0.15, 0.2) is 0 Å². The molecule has 0 amide bonds. The summed E-state index contributed by atoms with van der Waals surface area (Å²) in [6.07, 6.45) is -0.321. The lowest BCUT2D eigenvalue weighted by atomic mass is 10.1. The van der Waals surface area contributed by atoms with Gasteiger partial charge in [-0.05, 0) is 17.7 Å². The van der Waals surface area contributed by atoms with Crippen molar-refractivity contribution in [1.29, 1.82) is 5.26 Å². The Balaban J connectivity index is 2.65. The molecule has 0 radical (unpaired) electrons. The lowest BCUT2D eigenvalue weighted by molar-refractivity contribution is 0.556. The number of nitrogens with zero attached hydrogens (tertiary/aromatic N) is 2. The number of aromatic amines is 1. The number of hydrogen-bond donors (Lipinski definition) is 1.